The maximum atomic E-state index is 13.5. The van der Waals surface area contributed by atoms with Crippen LogP contribution in [0.25, 0.3) is 22.4 Å². The van der Waals surface area contributed by atoms with Gasteiger partial charge < -0.3 is 0 Å². The lowest BCUT2D eigenvalue weighted by molar-refractivity contribution is 0.927. The Balaban J connectivity index is 1.77. The summed E-state index contributed by atoms with van der Waals surface area (Å²) in [5, 5.41) is 10.2. The van der Waals surface area contributed by atoms with Crippen LogP contribution < -0.4 is 5.56 Å². The second-order valence-electron chi connectivity index (χ2n) is 7.14. The molecule has 30 heavy (non-hydrogen) atoms. The van der Waals surface area contributed by atoms with E-state index in [-0.39, 0.29) is 5.56 Å². The third kappa shape index (κ3) is 2.98. The molecule has 0 amide bonds. The minimum Gasteiger partial charge on any atom is -0.268 e. The van der Waals surface area contributed by atoms with Gasteiger partial charge in [-0.15, -0.1) is 10.2 Å². The second-order valence-corrected chi connectivity index (χ2v) is 8.09. The third-order valence-corrected chi connectivity index (χ3v) is 6.30. The summed E-state index contributed by atoms with van der Waals surface area (Å²) in [6, 6.07) is 17.5. The van der Waals surface area contributed by atoms with Crippen LogP contribution in [0.15, 0.2) is 76.9 Å². The average Bonchev–Trinajstić information content (AvgIpc) is 3.20. The highest BCUT2D eigenvalue weighted by atomic mass is 32.2. The van der Waals surface area contributed by atoms with Crippen LogP contribution in [-0.4, -0.2) is 24.1 Å². The van der Waals surface area contributed by atoms with Gasteiger partial charge in [0, 0.05) is 18.1 Å². The molecule has 148 valence electrons. The van der Waals surface area contributed by atoms with Crippen molar-refractivity contribution in [3.05, 3.63) is 94.0 Å². The molecule has 0 saturated carbocycles. The normalized spacial score (nSPS) is 11.4. The number of thioether (sulfide) groups is 1. The predicted octanol–water partition coefficient (Wildman–Crippen LogP) is 4.34. The van der Waals surface area contributed by atoms with Gasteiger partial charge in [0.2, 0.25) is 5.78 Å². The van der Waals surface area contributed by atoms with Crippen LogP contribution in [-0.2, 0) is 5.75 Å². The lowest BCUT2D eigenvalue weighted by Gasteiger charge is -2.14. The summed E-state index contributed by atoms with van der Waals surface area (Å²) in [6.45, 7) is 4.07. The van der Waals surface area contributed by atoms with Crippen LogP contribution in [0.4, 0.5) is 0 Å². The van der Waals surface area contributed by atoms with E-state index in [1.54, 1.807) is 22.5 Å². The van der Waals surface area contributed by atoms with E-state index in [2.05, 4.69) is 15.2 Å². The van der Waals surface area contributed by atoms with Crippen LogP contribution in [0.5, 0.6) is 0 Å². The van der Waals surface area contributed by atoms with Crippen molar-refractivity contribution in [1.82, 2.24) is 24.1 Å². The van der Waals surface area contributed by atoms with E-state index in [0.717, 1.165) is 33.1 Å². The van der Waals surface area contributed by atoms with Crippen LogP contribution in [0, 0.1) is 13.8 Å². The Kier molecular flexibility index (Phi) is 4.59. The van der Waals surface area contributed by atoms with Crippen LogP contribution in [0.3, 0.4) is 0 Å². The largest absolute Gasteiger partial charge is 0.268 e. The number of aryl methyl sites for hydroxylation is 1. The monoisotopic (exact) mass is 413 g/mol. The standard InChI is InChI=1S/C23H19N5OS/c1-15-7-5-11-19(16(15)2)27-21(29)18-9-3-4-10-20(18)28-22(27)25-26-23(28)30-14-17-8-6-12-24-13-17/h3-13H,14H2,1-2H3. The first-order valence-corrected chi connectivity index (χ1v) is 10.6. The van der Waals surface area contributed by atoms with Gasteiger partial charge in [-0.1, -0.05) is 42.1 Å². The van der Waals surface area contributed by atoms with Crippen LogP contribution in [0.2, 0.25) is 0 Å². The number of benzene rings is 2. The number of fused-ring (bicyclic) bond motifs is 3. The molecule has 0 radical (unpaired) electrons. The Hall–Kier alpha value is -3.45. The zero-order valence-electron chi connectivity index (χ0n) is 16.6. The highest BCUT2D eigenvalue weighted by Gasteiger charge is 2.19. The topological polar surface area (TPSA) is 65.1 Å². The van der Waals surface area contributed by atoms with E-state index >= 15 is 0 Å². The van der Waals surface area contributed by atoms with Crippen molar-refractivity contribution in [2.45, 2.75) is 24.8 Å². The smallest absolute Gasteiger partial charge is 0.267 e. The molecular formula is C23H19N5OS. The molecule has 2 aromatic carbocycles. The van der Waals surface area contributed by atoms with Gasteiger partial charge >= 0.3 is 0 Å². The lowest BCUT2D eigenvalue weighted by atomic mass is 10.1. The van der Waals surface area contributed by atoms with Gasteiger partial charge in [0.1, 0.15) is 0 Å². The zero-order chi connectivity index (χ0) is 20.7. The van der Waals surface area contributed by atoms with Gasteiger partial charge in [-0.2, -0.15) is 0 Å². The molecule has 0 saturated heterocycles. The fourth-order valence-electron chi connectivity index (χ4n) is 3.60. The first-order valence-electron chi connectivity index (χ1n) is 9.62. The molecule has 3 heterocycles. The summed E-state index contributed by atoms with van der Waals surface area (Å²) < 4.78 is 3.64. The number of pyridine rings is 1. The summed E-state index contributed by atoms with van der Waals surface area (Å²) in [4.78, 5) is 17.6. The second kappa shape index (κ2) is 7.42. The molecule has 0 fully saturated rings. The van der Waals surface area contributed by atoms with Crippen LogP contribution in [0.1, 0.15) is 16.7 Å². The molecule has 0 N–H and O–H groups in total. The molecule has 6 nitrogen and oxygen atoms in total. The van der Waals surface area contributed by atoms with E-state index in [1.807, 2.05) is 79.0 Å². The molecule has 0 aliphatic heterocycles. The van der Waals surface area contributed by atoms with Crippen molar-refractivity contribution in [2.24, 2.45) is 0 Å². The molecule has 0 atom stereocenters. The van der Waals surface area contributed by atoms with Crippen molar-refractivity contribution in [1.29, 1.82) is 0 Å². The van der Waals surface area contributed by atoms with E-state index < -0.39 is 0 Å². The van der Waals surface area contributed by atoms with Gasteiger partial charge in [0.05, 0.1) is 16.6 Å². The molecule has 0 aliphatic carbocycles. The fourth-order valence-corrected chi connectivity index (χ4v) is 4.47. The third-order valence-electron chi connectivity index (χ3n) is 5.30. The Bertz CT molecular complexity index is 1440. The Labute approximate surface area is 177 Å². The molecule has 0 bridgehead atoms. The Morgan fingerprint density at radius 1 is 0.967 bits per heavy atom. The van der Waals surface area contributed by atoms with E-state index in [0.29, 0.717) is 16.9 Å². The van der Waals surface area contributed by atoms with Gasteiger partial charge in [-0.3, -0.25) is 14.2 Å². The quantitative estimate of drug-likeness (QED) is 0.410. The maximum Gasteiger partial charge on any atom is 0.267 e. The Morgan fingerprint density at radius 2 is 1.83 bits per heavy atom. The first-order chi connectivity index (χ1) is 14.6. The van der Waals surface area contributed by atoms with Crippen molar-refractivity contribution >= 4 is 28.4 Å². The van der Waals surface area contributed by atoms with Crippen LogP contribution >= 0.6 is 11.8 Å². The summed E-state index contributed by atoms with van der Waals surface area (Å²) >= 11 is 1.58. The molecule has 5 aromatic rings. The molecular weight excluding hydrogens is 394 g/mol. The van der Waals surface area contributed by atoms with Gasteiger partial charge in [0.25, 0.3) is 5.56 Å². The number of aromatic nitrogens is 5. The molecule has 5 rings (SSSR count). The summed E-state index contributed by atoms with van der Waals surface area (Å²) in [6.07, 6.45) is 3.61. The number of hydrogen-bond donors (Lipinski definition) is 0. The predicted molar refractivity (Wildman–Crippen MR) is 119 cm³/mol. The zero-order valence-corrected chi connectivity index (χ0v) is 17.4. The molecule has 0 aliphatic rings. The Morgan fingerprint density at radius 3 is 2.67 bits per heavy atom. The number of nitrogens with zero attached hydrogens (tertiary/aromatic N) is 5. The van der Waals surface area contributed by atoms with E-state index in [9.17, 15) is 4.79 Å². The highest BCUT2D eigenvalue weighted by molar-refractivity contribution is 7.98. The highest BCUT2D eigenvalue weighted by Crippen LogP contribution is 2.26. The average molecular weight is 414 g/mol. The lowest BCUT2D eigenvalue weighted by Crippen LogP contribution is -2.22. The van der Waals surface area contributed by atoms with E-state index in [4.69, 9.17) is 0 Å². The summed E-state index contributed by atoms with van der Waals surface area (Å²) in [5.74, 6) is 1.23. The van der Waals surface area contributed by atoms with Crippen molar-refractivity contribution in [2.75, 3.05) is 0 Å². The first kappa shape index (κ1) is 18.6. The number of para-hydroxylation sites is 1. The molecule has 0 spiro atoms. The molecule has 7 heteroatoms. The van der Waals surface area contributed by atoms with E-state index in [1.165, 1.54) is 0 Å². The molecule has 3 aromatic heterocycles. The minimum absolute atomic E-state index is 0.0944. The fraction of sp³-hybridized carbons (Fsp3) is 0.130. The van der Waals surface area contributed by atoms with Gasteiger partial charge in [0.15, 0.2) is 5.16 Å². The molecule has 0 unspecified atom stereocenters. The minimum atomic E-state index is -0.0944. The summed E-state index contributed by atoms with van der Waals surface area (Å²) in [5.41, 5.74) is 4.81. The van der Waals surface area contributed by atoms with Gasteiger partial charge in [-0.25, -0.2) is 4.57 Å². The summed E-state index contributed by atoms with van der Waals surface area (Å²) in [7, 11) is 0. The SMILES string of the molecule is Cc1cccc(-n2c(=O)c3ccccc3n3c(SCc4cccnc4)nnc23)c1C. The van der Waals surface area contributed by atoms with Crippen molar-refractivity contribution < 1.29 is 0 Å². The number of hydrogen-bond acceptors (Lipinski definition) is 5. The maximum absolute atomic E-state index is 13.5. The number of rotatable bonds is 4. The van der Waals surface area contributed by atoms with Crippen molar-refractivity contribution in [3.63, 3.8) is 0 Å². The van der Waals surface area contributed by atoms with Crippen molar-refractivity contribution in [3.8, 4) is 5.69 Å². The van der Waals surface area contributed by atoms with Gasteiger partial charge in [-0.05, 0) is 54.8 Å².